The van der Waals surface area contributed by atoms with Crippen molar-refractivity contribution in [2.24, 2.45) is 11.8 Å². The number of nitrogens with one attached hydrogen (secondary N) is 1. The molecule has 1 N–H and O–H groups in total. The molecule has 1 aliphatic carbocycles. The highest BCUT2D eigenvalue weighted by atomic mass is 32.2. The smallest absolute Gasteiger partial charge is 0.233 e. The largest absolute Gasteiger partial charge is 0.370 e. The topological polar surface area (TPSA) is 62.3 Å². The van der Waals surface area contributed by atoms with E-state index in [1.807, 2.05) is 12.1 Å². The van der Waals surface area contributed by atoms with Gasteiger partial charge in [-0.05, 0) is 41.9 Å². The molecule has 2 rings (SSSR count). The van der Waals surface area contributed by atoms with Crippen LogP contribution in [0.25, 0.3) is 0 Å². The summed E-state index contributed by atoms with van der Waals surface area (Å²) >= 11 is 0. The van der Waals surface area contributed by atoms with Gasteiger partial charge in [0.25, 0.3) is 0 Å². The van der Waals surface area contributed by atoms with Crippen molar-refractivity contribution in [1.29, 1.82) is 0 Å². The summed E-state index contributed by atoms with van der Waals surface area (Å²) < 4.78 is 24.6. The van der Waals surface area contributed by atoms with Crippen LogP contribution >= 0.6 is 0 Å². The molecule has 0 aromatic carbocycles. The summed E-state index contributed by atoms with van der Waals surface area (Å²) in [7, 11) is -1.76. The van der Waals surface area contributed by atoms with Crippen LogP contribution in [-0.2, 0) is 10.0 Å². The molecule has 2 unspecified atom stereocenters. The predicted octanol–water partition coefficient (Wildman–Crippen LogP) is 2.67. The van der Waals surface area contributed by atoms with Gasteiger partial charge in [-0.15, -0.1) is 0 Å². The van der Waals surface area contributed by atoms with E-state index in [9.17, 15) is 8.42 Å². The van der Waals surface area contributed by atoms with Gasteiger partial charge < -0.3 is 5.32 Å². The van der Waals surface area contributed by atoms with E-state index in [0.29, 0.717) is 17.7 Å². The van der Waals surface area contributed by atoms with Crippen molar-refractivity contribution in [2.45, 2.75) is 33.1 Å². The minimum atomic E-state index is -3.30. The zero-order chi connectivity index (χ0) is 15.8. The summed E-state index contributed by atoms with van der Waals surface area (Å²) in [6, 6.07) is 3.86. The third-order valence-electron chi connectivity index (χ3n) is 4.14. The fourth-order valence-corrected chi connectivity index (χ4v) is 2.64. The maximum atomic E-state index is 11.7. The summed E-state index contributed by atoms with van der Waals surface area (Å²) in [6.07, 6.45) is 2.45. The number of sulfonamides is 1. The number of aromatic nitrogens is 1. The third-order valence-corrected chi connectivity index (χ3v) is 5.32. The predicted molar refractivity (Wildman–Crippen MR) is 87.3 cm³/mol. The van der Waals surface area contributed by atoms with Crippen molar-refractivity contribution >= 4 is 21.7 Å². The Morgan fingerprint density at radius 1 is 1.43 bits per heavy atom. The molecule has 0 radical (unpaired) electrons. The lowest BCUT2D eigenvalue weighted by Crippen LogP contribution is -2.26. The van der Waals surface area contributed by atoms with E-state index < -0.39 is 10.0 Å². The molecule has 2 atom stereocenters. The van der Waals surface area contributed by atoms with Gasteiger partial charge in [0.2, 0.25) is 10.0 Å². The lowest BCUT2D eigenvalue weighted by atomic mass is 10.0. The summed E-state index contributed by atoms with van der Waals surface area (Å²) in [5, 5.41) is 3.35. The van der Waals surface area contributed by atoms with Gasteiger partial charge >= 0.3 is 0 Å². The summed E-state index contributed by atoms with van der Waals surface area (Å²) in [5.41, 5.74) is 1.09. The normalized spacial score (nSPS) is 21.4. The van der Waals surface area contributed by atoms with Gasteiger partial charge in [0, 0.05) is 13.6 Å². The van der Waals surface area contributed by atoms with Crippen LogP contribution in [0.4, 0.5) is 11.6 Å². The Balaban J connectivity index is 2.25. The molecule has 0 amide bonds. The van der Waals surface area contributed by atoms with Crippen molar-refractivity contribution in [2.75, 3.05) is 29.5 Å². The summed E-state index contributed by atoms with van der Waals surface area (Å²) in [5.74, 6) is 3.04. The number of hydrogen-bond acceptors (Lipinski definition) is 4. The van der Waals surface area contributed by atoms with Crippen molar-refractivity contribution in [3.05, 3.63) is 17.7 Å². The Hall–Kier alpha value is -1.30. The van der Waals surface area contributed by atoms with Crippen LogP contribution in [-0.4, -0.2) is 33.2 Å². The quantitative estimate of drug-likeness (QED) is 0.877. The minimum absolute atomic E-state index is 0.320. The molecule has 1 aromatic heterocycles. The molecule has 1 saturated carbocycles. The van der Waals surface area contributed by atoms with Crippen molar-refractivity contribution < 1.29 is 8.42 Å². The first-order valence-corrected chi connectivity index (χ1v) is 9.23. The van der Waals surface area contributed by atoms with Gasteiger partial charge in [-0.1, -0.05) is 20.8 Å². The van der Waals surface area contributed by atoms with Crippen molar-refractivity contribution in [1.82, 2.24) is 4.98 Å². The zero-order valence-electron chi connectivity index (χ0n) is 13.4. The Labute approximate surface area is 127 Å². The van der Waals surface area contributed by atoms with Crippen LogP contribution in [0.2, 0.25) is 0 Å². The van der Waals surface area contributed by atoms with Gasteiger partial charge in [0.05, 0.1) is 6.26 Å². The second-order valence-corrected chi connectivity index (χ2v) is 8.40. The highest BCUT2D eigenvalue weighted by Crippen LogP contribution is 2.37. The molecule has 6 heteroatoms. The molecular formula is C15H25N3O2S. The fourth-order valence-electron chi connectivity index (χ4n) is 2.21. The molecule has 0 spiro atoms. The number of nitrogens with zero attached hydrogens (tertiary/aromatic N) is 2. The van der Waals surface area contributed by atoms with E-state index in [2.05, 4.69) is 31.1 Å². The van der Waals surface area contributed by atoms with E-state index in [-0.39, 0.29) is 0 Å². The highest BCUT2D eigenvalue weighted by molar-refractivity contribution is 7.92. The van der Waals surface area contributed by atoms with Gasteiger partial charge in [-0.25, -0.2) is 13.4 Å². The molecule has 21 heavy (non-hydrogen) atoms. The first-order chi connectivity index (χ1) is 9.68. The van der Waals surface area contributed by atoms with Crippen molar-refractivity contribution in [3.63, 3.8) is 0 Å². The third kappa shape index (κ3) is 4.09. The van der Waals surface area contributed by atoms with Crippen LogP contribution in [0.15, 0.2) is 12.1 Å². The number of pyridine rings is 1. The van der Waals surface area contributed by atoms with E-state index in [1.54, 1.807) is 0 Å². The SMILES string of the molecule is CC(C)c1cc(NCC2CC2C)nc(N(C)S(C)(=O)=O)c1. The van der Waals surface area contributed by atoms with Crippen LogP contribution in [0.5, 0.6) is 0 Å². The standard InChI is InChI=1S/C15H25N3O2S/c1-10(2)12-7-14(16-9-13-6-11(13)3)17-15(8-12)18(4)21(5,19)20/h7-8,10-11,13H,6,9H2,1-5H3,(H,16,17). The Morgan fingerprint density at radius 2 is 2.05 bits per heavy atom. The maximum absolute atomic E-state index is 11.7. The highest BCUT2D eigenvalue weighted by Gasteiger charge is 2.32. The molecule has 1 fully saturated rings. The van der Waals surface area contributed by atoms with E-state index in [4.69, 9.17) is 0 Å². The second-order valence-electron chi connectivity index (χ2n) is 6.38. The van der Waals surface area contributed by atoms with Crippen LogP contribution in [0.3, 0.4) is 0 Å². The van der Waals surface area contributed by atoms with Gasteiger partial charge in [-0.2, -0.15) is 0 Å². The molecule has 1 aromatic rings. The molecule has 118 valence electrons. The Bertz CT molecular complexity index is 613. The van der Waals surface area contributed by atoms with Crippen LogP contribution < -0.4 is 9.62 Å². The molecule has 0 aliphatic heterocycles. The Morgan fingerprint density at radius 3 is 2.52 bits per heavy atom. The Kier molecular flexibility index (Phi) is 4.46. The number of rotatable bonds is 6. The van der Waals surface area contributed by atoms with Crippen LogP contribution in [0, 0.1) is 11.8 Å². The molecule has 0 saturated heterocycles. The number of hydrogen-bond donors (Lipinski definition) is 1. The van der Waals surface area contributed by atoms with E-state index in [0.717, 1.165) is 23.8 Å². The first-order valence-electron chi connectivity index (χ1n) is 7.38. The molecule has 1 heterocycles. The maximum Gasteiger partial charge on any atom is 0.233 e. The lowest BCUT2D eigenvalue weighted by molar-refractivity contribution is 0.600. The van der Waals surface area contributed by atoms with Crippen molar-refractivity contribution in [3.8, 4) is 0 Å². The van der Waals surface area contributed by atoms with E-state index >= 15 is 0 Å². The summed E-state index contributed by atoms with van der Waals surface area (Å²) in [4.78, 5) is 4.44. The molecule has 1 aliphatic rings. The number of anilines is 2. The van der Waals surface area contributed by atoms with Gasteiger partial charge in [-0.3, -0.25) is 4.31 Å². The first kappa shape index (κ1) is 16.1. The average molecular weight is 311 g/mol. The van der Waals surface area contributed by atoms with E-state index in [1.165, 1.54) is 24.0 Å². The molecule has 0 bridgehead atoms. The van der Waals surface area contributed by atoms with Gasteiger partial charge in [0.1, 0.15) is 11.6 Å². The monoisotopic (exact) mass is 311 g/mol. The second kappa shape index (κ2) is 5.83. The average Bonchev–Trinajstić information content (AvgIpc) is 3.10. The lowest BCUT2D eigenvalue weighted by Gasteiger charge is -2.19. The molecule has 5 nitrogen and oxygen atoms in total. The summed E-state index contributed by atoms with van der Waals surface area (Å²) in [6.45, 7) is 7.32. The fraction of sp³-hybridized carbons (Fsp3) is 0.667. The van der Waals surface area contributed by atoms with Gasteiger partial charge in [0.15, 0.2) is 0 Å². The minimum Gasteiger partial charge on any atom is -0.370 e. The zero-order valence-corrected chi connectivity index (χ0v) is 14.2. The molecular weight excluding hydrogens is 286 g/mol. The van der Waals surface area contributed by atoms with Crippen LogP contribution in [0.1, 0.15) is 38.7 Å².